The van der Waals surface area contributed by atoms with Gasteiger partial charge in [0.2, 0.25) is 0 Å². The first-order valence-electron chi connectivity index (χ1n) is 7.84. The average Bonchev–Trinajstić information content (AvgIpc) is 3.10. The molecule has 3 fully saturated rings. The molecule has 2 heteroatoms. The van der Waals surface area contributed by atoms with Gasteiger partial charge in [0.15, 0.2) is 0 Å². The van der Waals surface area contributed by atoms with Crippen LogP contribution in [0.2, 0.25) is 0 Å². The summed E-state index contributed by atoms with van der Waals surface area (Å²) in [5.74, 6) is 0.442. The molecule has 3 rings (SSSR count). The molecule has 2 atom stereocenters. The van der Waals surface area contributed by atoms with Crippen LogP contribution >= 0.6 is 0 Å². The van der Waals surface area contributed by atoms with Crippen molar-refractivity contribution in [2.24, 2.45) is 11.3 Å². The lowest BCUT2D eigenvalue weighted by Gasteiger charge is -2.49. The minimum atomic E-state index is -0.485. The highest BCUT2D eigenvalue weighted by Crippen LogP contribution is 2.59. The molecule has 1 saturated heterocycles. The zero-order valence-corrected chi connectivity index (χ0v) is 12.0. The lowest BCUT2D eigenvalue weighted by molar-refractivity contribution is -0.167. The van der Waals surface area contributed by atoms with Crippen molar-refractivity contribution in [3.05, 3.63) is 0 Å². The van der Waals surface area contributed by atoms with Crippen LogP contribution in [0.25, 0.3) is 0 Å². The van der Waals surface area contributed by atoms with Gasteiger partial charge in [-0.1, -0.05) is 26.2 Å². The predicted molar refractivity (Wildman–Crippen MR) is 72.5 cm³/mol. The highest BCUT2D eigenvalue weighted by molar-refractivity contribution is 5.08. The molecule has 1 aliphatic heterocycles. The fourth-order valence-corrected chi connectivity index (χ4v) is 4.24. The van der Waals surface area contributed by atoms with E-state index in [0.29, 0.717) is 5.92 Å². The summed E-state index contributed by atoms with van der Waals surface area (Å²) in [6.07, 6.45) is 11.0. The van der Waals surface area contributed by atoms with Crippen LogP contribution in [-0.2, 0) is 4.74 Å². The molecular formula is C16H28O2. The van der Waals surface area contributed by atoms with Gasteiger partial charge < -0.3 is 9.84 Å². The van der Waals surface area contributed by atoms with Crippen LogP contribution < -0.4 is 0 Å². The minimum Gasteiger partial charge on any atom is -0.389 e. The molecule has 2 unspecified atom stereocenters. The number of ether oxygens (including phenoxy) is 1. The fraction of sp³-hybridized carbons (Fsp3) is 1.00. The third-order valence-corrected chi connectivity index (χ3v) is 6.27. The van der Waals surface area contributed by atoms with E-state index in [2.05, 4.69) is 13.8 Å². The lowest BCUT2D eigenvalue weighted by Crippen LogP contribution is -2.51. The second-order valence-electron chi connectivity index (χ2n) is 7.49. The maximum absolute atomic E-state index is 11.0. The van der Waals surface area contributed by atoms with Crippen LogP contribution in [0.1, 0.15) is 71.6 Å². The Balaban J connectivity index is 1.73. The summed E-state index contributed by atoms with van der Waals surface area (Å²) in [4.78, 5) is 0. The zero-order chi connectivity index (χ0) is 12.9. The van der Waals surface area contributed by atoms with Crippen molar-refractivity contribution in [2.45, 2.75) is 82.8 Å². The molecule has 0 radical (unpaired) electrons. The van der Waals surface area contributed by atoms with Gasteiger partial charge in [-0.15, -0.1) is 0 Å². The average molecular weight is 252 g/mol. The van der Waals surface area contributed by atoms with E-state index in [9.17, 15) is 5.11 Å². The molecule has 0 aromatic rings. The first kappa shape index (κ1) is 12.9. The monoisotopic (exact) mass is 252 g/mol. The molecule has 18 heavy (non-hydrogen) atoms. The van der Waals surface area contributed by atoms with Gasteiger partial charge in [-0.25, -0.2) is 0 Å². The molecule has 0 bridgehead atoms. The van der Waals surface area contributed by atoms with Crippen LogP contribution in [0.15, 0.2) is 0 Å². The standard InChI is InChI=1S/C16H28O2/c1-14(9-10-14)15(2,17)13-6-11-18-16(12-13)7-4-3-5-8-16/h13,17H,3-12H2,1-2H3. The molecule has 0 amide bonds. The Morgan fingerprint density at radius 2 is 1.78 bits per heavy atom. The summed E-state index contributed by atoms with van der Waals surface area (Å²) in [7, 11) is 0. The Labute approximate surface area is 111 Å². The van der Waals surface area contributed by atoms with Crippen LogP contribution in [0.4, 0.5) is 0 Å². The zero-order valence-electron chi connectivity index (χ0n) is 12.0. The molecule has 0 aromatic carbocycles. The van der Waals surface area contributed by atoms with Gasteiger partial charge >= 0.3 is 0 Å². The second kappa shape index (κ2) is 4.21. The Morgan fingerprint density at radius 3 is 2.39 bits per heavy atom. The molecule has 2 nitrogen and oxygen atoms in total. The quantitative estimate of drug-likeness (QED) is 0.812. The fourth-order valence-electron chi connectivity index (χ4n) is 4.24. The maximum Gasteiger partial charge on any atom is 0.0702 e. The molecule has 1 N–H and O–H groups in total. The van der Waals surface area contributed by atoms with Crippen molar-refractivity contribution >= 4 is 0 Å². The maximum atomic E-state index is 11.0. The summed E-state index contributed by atoms with van der Waals surface area (Å²) >= 11 is 0. The number of hydrogen-bond donors (Lipinski definition) is 1. The minimum absolute atomic E-state index is 0.121. The predicted octanol–water partition coefficient (Wildman–Crippen LogP) is 3.67. The summed E-state index contributed by atoms with van der Waals surface area (Å²) in [5, 5.41) is 11.0. The van der Waals surface area contributed by atoms with Crippen LogP contribution in [-0.4, -0.2) is 22.9 Å². The van der Waals surface area contributed by atoms with E-state index in [-0.39, 0.29) is 11.0 Å². The molecule has 1 heterocycles. The summed E-state index contributed by atoms with van der Waals surface area (Å²) < 4.78 is 6.15. The van der Waals surface area contributed by atoms with E-state index < -0.39 is 5.60 Å². The van der Waals surface area contributed by atoms with Gasteiger partial charge in [0.25, 0.3) is 0 Å². The Hall–Kier alpha value is -0.0800. The van der Waals surface area contributed by atoms with Gasteiger partial charge in [0.05, 0.1) is 11.2 Å². The first-order valence-corrected chi connectivity index (χ1v) is 7.84. The van der Waals surface area contributed by atoms with Crippen molar-refractivity contribution in [1.82, 2.24) is 0 Å². The normalized spacial score (nSPS) is 37.2. The lowest BCUT2D eigenvalue weighted by atomic mass is 9.67. The van der Waals surface area contributed by atoms with E-state index in [1.54, 1.807) is 0 Å². The molecular weight excluding hydrogens is 224 g/mol. The molecule has 2 saturated carbocycles. The third kappa shape index (κ3) is 2.02. The van der Waals surface area contributed by atoms with Crippen LogP contribution in [0.3, 0.4) is 0 Å². The molecule has 1 spiro atoms. The van der Waals surface area contributed by atoms with Gasteiger partial charge in [0, 0.05) is 6.61 Å². The first-order chi connectivity index (χ1) is 8.48. The Morgan fingerprint density at radius 1 is 1.11 bits per heavy atom. The summed E-state index contributed by atoms with van der Waals surface area (Å²) in [6, 6.07) is 0. The molecule has 0 aromatic heterocycles. The number of aliphatic hydroxyl groups is 1. The van der Waals surface area contributed by atoms with E-state index >= 15 is 0 Å². The van der Waals surface area contributed by atoms with E-state index in [1.165, 1.54) is 44.9 Å². The second-order valence-corrected chi connectivity index (χ2v) is 7.49. The molecule has 3 aliphatic rings. The van der Waals surface area contributed by atoms with E-state index in [0.717, 1.165) is 19.4 Å². The van der Waals surface area contributed by atoms with Crippen LogP contribution in [0, 0.1) is 11.3 Å². The van der Waals surface area contributed by atoms with Crippen molar-refractivity contribution in [2.75, 3.05) is 6.61 Å². The Kier molecular flexibility index (Phi) is 3.02. The van der Waals surface area contributed by atoms with Crippen molar-refractivity contribution < 1.29 is 9.84 Å². The van der Waals surface area contributed by atoms with E-state index in [4.69, 9.17) is 4.74 Å². The van der Waals surface area contributed by atoms with Crippen molar-refractivity contribution in [3.63, 3.8) is 0 Å². The van der Waals surface area contributed by atoms with Crippen molar-refractivity contribution in [3.8, 4) is 0 Å². The van der Waals surface area contributed by atoms with Crippen molar-refractivity contribution in [1.29, 1.82) is 0 Å². The van der Waals surface area contributed by atoms with Gasteiger partial charge in [0.1, 0.15) is 0 Å². The molecule has 2 aliphatic carbocycles. The SMILES string of the molecule is CC1(C(C)(O)C2CCOC3(CCCCC3)C2)CC1. The van der Waals surface area contributed by atoms with E-state index in [1.807, 2.05) is 0 Å². The summed E-state index contributed by atoms with van der Waals surface area (Å²) in [5.41, 5.74) is -0.178. The third-order valence-electron chi connectivity index (χ3n) is 6.27. The highest BCUT2D eigenvalue weighted by atomic mass is 16.5. The smallest absolute Gasteiger partial charge is 0.0702 e. The highest BCUT2D eigenvalue weighted by Gasteiger charge is 2.57. The van der Waals surface area contributed by atoms with Gasteiger partial charge in [-0.05, 0) is 56.8 Å². The largest absolute Gasteiger partial charge is 0.389 e. The topological polar surface area (TPSA) is 29.5 Å². The molecule has 104 valence electrons. The Bertz CT molecular complexity index is 306. The number of rotatable bonds is 2. The van der Waals surface area contributed by atoms with Gasteiger partial charge in [-0.2, -0.15) is 0 Å². The van der Waals surface area contributed by atoms with Gasteiger partial charge in [-0.3, -0.25) is 0 Å². The summed E-state index contributed by atoms with van der Waals surface area (Å²) in [6.45, 7) is 5.21. The number of hydrogen-bond acceptors (Lipinski definition) is 2. The van der Waals surface area contributed by atoms with Crippen LogP contribution in [0.5, 0.6) is 0 Å².